The van der Waals surface area contributed by atoms with Gasteiger partial charge in [0.05, 0.1) is 5.69 Å². The molecule has 1 fully saturated rings. The molecule has 4 heteroatoms. The van der Waals surface area contributed by atoms with Crippen LogP contribution in [0.2, 0.25) is 0 Å². The summed E-state index contributed by atoms with van der Waals surface area (Å²) >= 11 is 1.93. The topological polar surface area (TPSA) is 44.9 Å². The van der Waals surface area contributed by atoms with Crippen LogP contribution in [0.25, 0.3) is 0 Å². The van der Waals surface area contributed by atoms with Gasteiger partial charge in [-0.25, -0.2) is 0 Å². The van der Waals surface area contributed by atoms with Crippen LogP contribution in [0.1, 0.15) is 12.8 Å². The monoisotopic (exact) mass is 210 g/mol. The molecule has 0 amide bonds. The van der Waals surface area contributed by atoms with Gasteiger partial charge in [0.15, 0.2) is 0 Å². The number of H-pyrrole nitrogens is 1. The van der Waals surface area contributed by atoms with Gasteiger partial charge in [-0.2, -0.15) is 11.8 Å². The van der Waals surface area contributed by atoms with E-state index < -0.39 is 0 Å². The van der Waals surface area contributed by atoms with Gasteiger partial charge < -0.3 is 10.3 Å². The van der Waals surface area contributed by atoms with Crippen molar-refractivity contribution in [2.24, 2.45) is 0 Å². The van der Waals surface area contributed by atoms with E-state index in [2.05, 4.69) is 16.6 Å². The summed E-state index contributed by atoms with van der Waals surface area (Å²) < 4.78 is 0.455. The number of nitrogens with one attached hydrogen (secondary N) is 2. The average molecular weight is 210 g/mol. The summed E-state index contributed by atoms with van der Waals surface area (Å²) in [6.45, 7) is 0.986. The van der Waals surface area contributed by atoms with Crippen molar-refractivity contribution in [2.75, 3.05) is 18.1 Å². The highest BCUT2D eigenvalue weighted by Crippen LogP contribution is 2.46. The Labute approximate surface area is 87.3 Å². The Morgan fingerprint density at radius 1 is 1.57 bits per heavy atom. The van der Waals surface area contributed by atoms with Crippen LogP contribution in [0.15, 0.2) is 23.1 Å². The van der Waals surface area contributed by atoms with Crippen molar-refractivity contribution in [3.8, 4) is 0 Å². The SMILES string of the molecule is CSC1(CNc2ccc(=O)[nH]c2)CC1. The van der Waals surface area contributed by atoms with Crippen molar-refractivity contribution in [1.82, 2.24) is 4.98 Å². The summed E-state index contributed by atoms with van der Waals surface area (Å²) in [6.07, 6.45) is 6.47. The van der Waals surface area contributed by atoms with E-state index in [9.17, 15) is 4.79 Å². The van der Waals surface area contributed by atoms with Crippen LogP contribution in [-0.2, 0) is 0 Å². The molecule has 14 heavy (non-hydrogen) atoms. The molecule has 2 N–H and O–H groups in total. The molecule has 0 unspecified atom stereocenters. The fourth-order valence-corrected chi connectivity index (χ4v) is 2.10. The molecule has 0 bridgehead atoms. The second kappa shape index (κ2) is 3.69. The van der Waals surface area contributed by atoms with E-state index >= 15 is 0 Å². The summed E-state index contributed by atoms with van der Waals surface area (Å²) in [6, 6.07) is 3.36. The highest BCUT2D eigenvalue weighted by molar-refractivity contribution is 8.00. The predicted molar refractivity (Wildman–Crippen MR) is 61.0 cm³/mol. The lowest BCUT2D eigenvalue weighted by Gasteiger charge is -2.13. The summed E-state index contributed by atoms with van der Waals surface area (Å²) in [5, 5.41) is 3.33. The fourth-order valence-electron chi connectivity index (χ4n) is 1.38. The number of hydrogen-bond donors (Lipinski definition) is 2. The molecule has 0 spiro atoms. The maximum Gasteiger partial charge on any atom is 0.248 e. The molecule has 1 aliphatic rings. The van der Waals surface area contributed by atoms with Crippen molar-refractivity contribution in [3.05, 3.63) is 28.7 Å². The molecule has 1 saturated carbocycles. The van der Waals surface area contributed by atoms with E-state index in [0.717, 1.165) is 12.2 Å². The van der Waals surface area contributed by atoms with Crippen LogP contribution >= 0.6 is 11.8 Å². The van der Waals surface area contributed by atoms with Gasteiger partial charge in [-0.1, -0.05) is 0 Å². The van der Waals surface area contributed by atoms with Crippen LogP contribution in [0.4, 0.5) is 5.69 Å². The minimum Gasteiger partial charge on any atom is -0.382 e. The van der Waals surface area contributed by atoms with E-state index in [4.69, 9.17) is 0 Å². The highest BCUT2D eigenvalue weighted by Gasteiger charge is 2.41. The second-order valence-electron chi connectivity index (χ2n) is 3.68. The van der Waals surface area contributed by atoms with Gasteiger partial charge in [0.1, 0.15) is 0 Å². The first kappa shape index (κ1) is 9.65. The molecule has 2 rings (SSSR count). The lowest BCUT2D eigenvalue weighted by atomic mass is 10.3. The first-order valence-corrected chi connectivity index (χ1v) is 5.94. The van der Waals surface area contributed by atoms with E-state index in [-0.39, 0.29) is 5.56 Å². The first-order valence-electron chi connectivity index (χ1n) is 4.72. The Kier molecular flexibility index (Phi) is 2.54. The number of pyridine rings is 1. The number of rotatable bonds is 4. The van der Waals surface area contributed by atoms with E-state index in [1.54, 1.807) is 12.3 Å². The zero-order chi connectivity index (χ0) is 10.0. The lowest BCUT2D eigenvalue weighted by molar-refractivity contribution is 0.947. The Morgan fingerprint density at radius 2 is 2.36 bits per heavy atom. The molecular formula is C10H14N2OS. The smallest absolute Gasteiger partial charge is 0.248 e. The van der Waals surface area contributed by atoms with Crippen molar-refractivity contribution in [1.29, 1.82) is 0 Å². The van der Waals surface area contributed by atoms with Crippen molar-refractivity contribution < 1.29 is 0 Å². The average Bonchev–Trinajstić information content (AvgIpc) is 2.98. The zero-order valence-corrected chi connectivity index (χ0v) is 8.99. The lowest BCUT2D eigenvalue weighted by Crippen LogP contribution is -2.18. The van der Waals surface area contributed by atoms with Crippen molar-refractivity contribution in [3.63, 3.8) is 0 Å². The van der Waals surface area contributed by atoms with Crippen molar-refractivity contribution >= 4 is 17.4 Å². The zero-order valence-electron chi connectivity index (χ0n) is 8.17. The summed E-state index contributed by atoms with van der Waals surface area (Å²) in [4.78, 5) is 13.5. The van der Waals surface area contributed by atoms with Gasteiger partial charge >= 0.3 is 0 Å². The third kappa shape index (κ3) is 2.12. The van der Waals surface area contributed by atoms with Gasteiger partial charge in [-0.05, 0) is 25.2 Å². The van der Waals surface area contributed by atoms with E-state index in [1.165, 1.54) is 12.8 Å². The van der Waals surface area contributed by atoms with Gasteiger partial charge in [0.25, 0.3) is 0 Å². The normalized spacial score (nSPS) is 17.8. The van der Waals surface area contributed by atoms with Gasteiger partial charge in [0.2, 0.25) is 5.56 Å². The maximum absolute atomic E-state index is 10.8. The summed E-state index contributed by atoms with van der Waals surface area (Å²) in [5.41, 5.74) is 0.937. The molecule has 0 atom stereocenters. The number of aromatic amines is 1. The largest absolute Gasteiger partial charge is 0.382 e. The molecule has 0 aliphatic heterocycles. The van der Waals surface area contributed by atoms with Gasteiger partial charge in [0, 0.05) is 23.6 Å². The minimum atomic E-state index is -0.0541. The molecule has 76 valence electrons. The second-order valence-corrected chi connectivity index (χ2v) is 4.96. The van der Waals surface area contributed by atoms with Crippen LogP contribution in [0, 0.1) is 0 Å². The molecule has 0 aromatic carbocycles. The van der Waals surface area contributed by atoms with Crippen LogP contribution in [-0.4, -0.2) is 22.5 Å². The van der Waals surface area contributed by atoms with Crippen LogP contribution < -0.4 is 10.9 Å². The summed E-state index contributed by atoms with van der Waals surface area (Å²) in [5.74, 6) is 0. The quantitative estimate of drug-likeness (QED) is 0.794. The predicted octanol–water partition coefficient (Wildman–Crippen LogP) is 1.68. The number of anilines is 1. The Hall–Kier alpha value is -0.900. The third-order valence-corrected chi connectivity index (χ3v) is 4.06. The highest BCUT2D eigenvalue weighted by atomic mass is 32.2. The molecular weight excluding hydrogens is 196 g/mol. The standard InChI is InChI=1S/C10H14N2OS/c1-14-10(4-5-10)7-12-8-2-3-9(13)11-6-8/h2-3,6,12H,4-5,7H2,1H3,(H,11,13). The molecule has 1 aliphatic carbocycles. The molecule has 1 aromatic heterocycles. The van der Waals surface area contributed by atoms with Crippen LogP contribution in [0.3, 0.4) is 0 Å². The Bertz CT molecular complexity index is 350. The fraction of sp³-hybridized carbons (Fsp3) is 0.500. The molecule has 0 saturated heterocycles. The van der Waals surface area contributed by atoms with Gasteiger partial charge in [-0.15, -0.1) is 0 Å². The van der Waals surface area contributed by atoms with E-state index in [0.29, 0.717) is 4.75 Å². The molecule has 1 heterocycles. The van der Waals surface area contributed by atoms with E-state index in [1.807, 2.05) is 17.8 Å². The molecule has 1 aromatic rings. The minimum absolute atomic E-state index is 0.0541. The number of hydrogen-bond acceptors (Lipinski definition) is 3. The third-order valence-electron chi connectivity index (χ3n) is 2.64. The van der Waals surface area contributed by atoms with Gasteiger partial charge in [-0.3, -0.25) is 4.79 Å². The maximum atomic E-state index is 10.8. The molecule has 0 radical (unpaired) electrons. The first-order chi connectivity index (χ1) is 6.74. The number of thioether (sulfide) groups is 1. The summed E-state index contributed by atoms with van der Waals surface area (Å²) in [7, 11) is 0. The molecule has 3 nitrogen and oxygen atoms in total. The Morgan fingerprint density at radius 3 is 2.86 bits per heavy atom. The Balaban J connectivity index is 1.92. The number of aromatic nitrogens is 1. The van der Waals surface area contributed by atoms with Crippen LogP contribution in [0.5, 0.6) is 0 Å². The van der Waals surface area contributed by atoms with Crippen molar-refractivity contribution in [2.45, 2.75) is 17.6 Å².